The predicted molar refractivity (Wildman–Crippen MR) is 78.0 cm³/mol. The maximum atomic E-state index is 11.5. The Balaban J connectivity index is 2.24. The Morgan fingerprint density at radius 3 is 2.53 bits per heavy atom. The molecule has 1 unspecified atom stereocenters. The molecule has 0 amide bonds. The van der Waals surface area contributed by atoms with E-state index in [0.29, 0.717) is 0 Å². The zero-order valence-corrected chi connectivity index (χ0v) is 12.7. The van der Waals surface area contributed by atoms with Crippen molar-refractivity contribution in [2.75, 3.05) is 0 Å². The molecule has 2 aromatic carbocycles. The molecule has 0 aliphatic heterocycles. The molecule has 1 N–H and O–H groups in total. The van der Waals surface area contributed by atoms with Crippen LogP contribution in [0.5, 0.6) is 0 Å². The summed E-state index contributed by atoms with van der Waals surface area (Å²) >= 11 is -0.416. The van der Waals surface area contributed by atoms with Crippen LogP contribution < -0.4 is 4.35 Å². The van der Waals surface area contributed by atoms with Crippen molar-refractivity contribution in [3.8, 4) is 0 Å². The molecular weight excluding hydrogens is 299 g/mol. The van der Waals surface area contributed by atoms with Crippen LogP contribution in [0, 0.1) is 0 Å². The van der Waals surface area contributed by atoms with Crippen LogP contribution in [-0.4, -0.2) is 26.8 Å². The second-order valence-electron chi connectivity index (χ2n) is 4.30. The molecule has 0 saturated heterocycles. The third-order valence-electron chi connectivity index (χ3n) is 2.95. The van der Waals surface area contributed by atoms with Crippen molar-refractivity contribution in [3.63, 3.8) is 0 Å². The van der Waals surface area contributed by atoms with E-state index < -0.39 is 21.7 Å². The van der Waals surface area contributed by atoms with Gasteiger partial charge in [-0.1, -0.05) is 0 Å². The quantitative estimate of drug-likeness (QED) is 0.861. The number of aryl methyl sites for hydroxylation is 1. The van der Waals surface area contributed by atoms with Gasteiger partial charge in [-0.05, 0) is 0 Å². The summed E-state index contributed by atoms with van der Waals surface area (Å²) in [5.41, 5.74) is 2.17. The number of aliphatic carboxylic acids is 1. The molecular formula is C16H16AsO2. The van der Waals surface area contributed by atoms with Crippen molar-refractivity contribution >= 4 is 26.1 Å². The summed E-state index contributed by atoms with van der Waals surface area (Å²) in [6, 6.07) is 17.8. The third-order valence-corrected chi connectivity index (χ3v) is 5.79. The minimum atomic E-state index is -0.729. The molecule has 2 aromatic rings. The monoisotopic (exact) mass is 315 g/mol. The number of hydrogen-bond acceptors (Lipinski definition) is 1. The predicted octanol–water partition coefficient (Wildman–Crippen LogP) is 2.40. The van der Waals surface area contributed by atoms with E-state index in [4.69, 9.17) is 0 Å². The molecule has 0 spiro atoms. The molecule has 3 heteroatoms. The molecule has 0 heterocycles. The number of carboxylic acid groups (broad SMARTS) is 1. The standard InChI is InChI=1S/C16H16AsO2/c1-2-12-7-6-10-14(11-12)17-15(16(18)19)13-8-4-3-5-9-13/h3-11,15H,2H2,1H3,(H,18,19). The van der Waals surface area contributed by atoms with Gasteiger partial charge in [-0.25, -0.2) is 0 Å². The second kappa shape index (κ2) is 6.58. The molecule has 1 radical (unpaired) electrons. The Morgan fingerprint density at radius 1 is 1.16 bits per heavy atom. The number of rotatable bonds is 5. The number of carboxylic acids is 1. The summed E-state index contributed by atoms with van der Waals surface area (Å²) in [6.07, 6.45) is 0.984. The molecule has 0 fully saturated rings. The van der Waals surface area contributed by atoms with Gasteiger partial charge in [0.15, 0.2) is 0 Å². The van der Waals surface area contributed by atoms with E-state index in [1.54, 1.807) is 0 Å². The van der Waals surface area contributed by atoms with Gasteiger partial charge in [-0.3, -0.25) is 0 Å². The van der Waals surface area contributed by atoms with Gasteiger partial charge in [0.25, 0.3) is 0 Å². The van der Waals surface area contributed by atoms with Crippen LogP contribution in [-0.2, 0) is 11.2 Å². The third kappa shape index (κ3) is 3.71. The fourth-order valence-corrected chi connectivity index (χ4v) is 4.31. The number of hydrogen-bond donors (Lipinski definition) is 1. The first-order chi connectivity index (χ1) is 9.20. The van der Waals surface area contributed by atoms with Gasteiger partial charge in [0.05, 0.1) is 0 Å². The first kappa shape index (κ1) is 13.9. The molecule has 1 atom stereocenters. The van der Waals surface area contributed by atoms with Gasteiger partial charge in [0.2, 0.25) is 0 Å². The summed E-state index contributed by atoms with van der Waals surface area (Å²) < 4.78 is 0.788. The zero-order valence-electron chi connectivity index (χ0n) is 10.8. The number of benzene rings is 2. The van der Waals surface area contributed by atoms with Gasteiger partial charge >= 0.3 is 120 Å². The van der Waals surface area contributed by atoms with Crippen molar-refractivity contribution in [3.05, 3.63) is 65.7 Å². The van der Waals surface area contributed by atoms with Crippen LogP contribution in [0.15, 0.2) is 54.6 Å². The van der Waals surface area contributed by atoms with Gasteiger partial charge in [-0.15, -0.1) is 0 Å². The molecule has 0 aliphatic rings. The number of carbonyl (C=O) groups is 1. The van der Waals surface area contributed by atoms with E-state index in [2.05, 4.69) is 19.1 Å². The van der Waals surface area contributed by atoms with Gasteiger partial charge in [-0.2, -0.15) is 0 Å². The first-order valence-electron chi connectivity index (χ1n) is 6.28. The van der Waals surface area contributed by atoms with Gasteiger partial charge < -0.3 is 0 Å². The normalized spacial score (nSPS) is 12.7. The zero-order chi connectivity index (χ0) is 13.7. The first-order valence-corrected chi connectivity index (χ1v) is 8.30. The fourth-order valence-electron chi connectivity index (χ4n) is 1.91. The molecule has 97 valence electrons. The van der Waals surface area contributed by atoms with E-state index in [0.717, 1.165) is 12.0 Å². The SMILES string of the molecule is CCc1cccc([As]C(C(=O)O)c2ccccc2)c1. The molecule has 0 bridgehead atoms. The Hall–Kier alpha value is -1.53. The second-order valence-corrected chi connectivity index (χ2v) is 7.01. The average Bonchev–Trinajstić information content (AvgIpc) is 2.45. The summed E-state index contributed by atoms with van der Waals surface area (Å²) in [4.78, 5) is 11.5. The van der Waals surface area contributed by atoms with Crippen molar-refractivity contribution in [2.45, 2.75) is 18.1 Å². The average molecular weight is 315 g/mol. The van der Waals surface area contributed by atoms with Crippen LogP contribution in [0.1, 0.15) is 22.8 Å². The Kier molecular flexibility index (Phi) is 4.81. The molecule has 2 nitrogen and oxygen atoms in total. The van der Waals surface area contributed by atoms with Gasteiger partial charge in [0, 0.05) is 0 Å². The van der Waals surface area contributed by atoms with E-state index >= 15 is 0 Å². The molecule has 0 aliphatic carbocycles. The molecule has 0 aromatic heterocycles. The maximum absolute atomic E-state index is 11.5. The van der Waals surface area contributed by atoms with Crippen LogP contribution in [0.3, 0.4) is 0 Å². The fraction of sp³-hybridized carbons (Fsp3) is 0.188. The van der Waals surface area contributed by atoms with E-state index in [9.17, 15) is 9.90 Å². The Labute approximate surface area is 120 Å². The van der Waals surface area contributed by atoms with Crippen molar-refractivity contribution < 1.29 is 9.90 Å². The van der Waals surface area contributed by atoms with Gasteiger partial charge in [0.1, 0.15) is 0 Å². The summed E-state index contributed by atoms with van der Waals surface area (Å²) in [7, 11) is 0. The van der Waals surface area contributed by atoms with Crippen LogP contribution in [0.2, 0.25) is 0 Å². The van der Waals surface area contributed by atoms with E-state index in [1.807, 2.05) is 42.5 Å². The summed E-state index contributed by atoms with van der Waals surface area (Å²) in [6.45, 7) is 2.11. The Morgan fingerprint density at radius 2 is 1.89 bits per heavy atom. The molecule has 2 rings (SSSR count). The minimum absolute atomic E-state index is 0.385. The van der Waals surface area contributed by atoms with Crippen LogP contribution >= 0.6 is 0 Å². The summed E-state index contributed by atoms with van der Waals surface area (Å²) in [5.74, 6) is -0.729. The Bertz CT molecular complexity index is 552. The van der Waals surface area contributed by atoms with Crippen molar-refractivity contribution in [1.29, 1.82) is 0 Å². The molecule has 0 saturated carbocycles. The van der Waals surface area contributed by atoms with Crippen molar-refractivity contribution in [2.24, 2.45) is 0 Å². The summed E-state index contributed by atoms with van der Waals surface area (Å²) in [5, 5.41) is 9.44. The van der Waals surface area contributed by atoms with E-state index in [1.165, 1.54) is 9.91 Å². The van der Waals surface area contributed by atoms with E-state index in [-0.39, 0.29) is 4.71 Å². The molecule has 19 heavy (non-hydrogen) atoms. The van der Waals surface area contributed by atoms with Crippen LogP contribution in [0.25, 0.3) is 0 Å². The van der Waals surface area contributed by atoms with Crippen LogP contribution in [0.4, 0.5) is 0 Å². The van der Waals surface area contributed by atoms with Crippen molar-refractivity contribution in [1.82, 2.24) is 0 Å². The topological polar surface area (TPSA) is 37.3 Å².